The Labute approximate surface area is 415 Å². The molecule has 7 aromatic rings. The van der Waals surface area contributed by atoms with Gasteiger partial charge in [-0.1, -0.05) is 24.3 Å². The van der Waals surface area contributed by atoms with Crippen molar-refractivity contribution in [3.05, 3.63) is 88.1 Å². The van der Waals surface area contributed by atoms with Gasteiger partial charge in [-0.15, -0.1) is 11.3 Å². The van der Waals surface area contributed by atoms with Crippen LogP contribution in [0.15, 0.2) is 54.2 Å². The topological polar surface area (TPSA) is 157 Å². The summed E-state index contributed by atoms with van der Waals surface area (Å²) < 4.78 is 52.2. The fourth-order valence-electron chi connectivity index (χ4n) is 10.9. The lowest BCUT2D eigenvalue weighted by molar-refractivity contribution is -0.0366. The second-order valence-corrected chi connectivity index (χ2v) is 21.6. The summed E-state index contributed by atoms with van der Waals surface area (Å²) in [6, 6.07) is 12.3. The zero-order chi connectivity index (χ0) is 48.5. The lowest BCUT2D eigenvalue weighted by Crippen LogP contribution is -2.50. The van der Waals surface area contributed by atoms with Crippen LogP contribution in [-0.4, -0.2) is 107 Å². The maximum Gasteiger partial charge on any atom is 0.410 e. The molecule has 0 spiro atoms. The maximum absolute atomic E-state index is 16.8. The van der Waals surface area contributed by atoms with Crippen LogP contribution in [0.4, 0.5) is 15.0 Å². The molecule has 12 rings (SSSR count). The monoisotopic (exact) mass is 982 g/mol. The molecular weight excluding hydrogens is 924 g/mol. The second-order valence-electron chi connectivity index (χ2n) is 20.7. The lowest BCUT2D eigenvalue weighted by atomic mass is 9.88. The van der Waals surface area contributed by atoms with Gasteiger partial charge in [-0.25, -0.2) is 28.5 Å². The number of halogens is 1. The molecule has 5 aliphatic rings. The van der Waals surface area contributed by atoms with Crippen molar-refractivity contribution in [2.45, 2.75) is 128 Å². The average Bonchev–Trinajstić information content (AvgIpc) is 3.83. The molecule has 1 unspecified atom stereocenters. The Balaban J connectivity index is 0.985. The first-order valence-electron chi connectivity index (χ1n) is 25.1. The van der Waals surface area contributed by atoms with E-state index in [4.69, 9.17) is 43.7 Å². The number of aromatic nitrogens is 8. The van der Waals surface area contributed by atoms with E-state index in [0.717, 1.165) is 93.8 Å². The molecule has 2 bridgehead atoms. The van der Waals surface area contributed by atoms with Gasteiger partial charge in [0.2, 0.25) is 0 Å². The first-order chi connectivity index (χ1) is 34.4. The minimum Gasteiger partial charge on any atom is -0.486 e. The van der Waals surface area contributed by atoms with Gasteiger partial charge >= 0.3 is 12.1 Å². The molecule has 370 valence electrons. The number of thiazole rings is 1. The molecule has 1 saturated carbocycles. The highest BCUT2D eigenvalue weighted by Crippen LogP contribution is 2.54. The zero-order valence-corrected chi connectivity index (χ0v) is 41.7. The highest BCUT2D eigenvalue weighted by atomic mass is 32.1. The zero-order valence-electron chi connectivity index (χ0n) is 40.9. The van der Waals surface area contributed by atoms with E-state index >= 15 is 4.39 Å². The Kier molecular flexibility index (Phi) is 11.9. The Bertz CT molecular complexity index is 3120. The van der Waals surface area contributed by atoms with Crippen LogP contribution in [0, 0.1) is 12.7 Å². The molecule has 4 aliphatic heterocycles. The number of rotatable bonds is 12. The number of carbonyl (C=O) groups excluding carboxylic acids is 1. The Hall–Kier alpha value is -6.24. The molecule has 4 saturated heterocycles. The van der Waals surface area contributed by atoms with Crippen LogP contribution in [0.3, 0.4) is 0 Å². The molecule has 18 heteroatoms. The number of aryl methyl sites for hydroxylation is 1. The molecule has 0 N–H and O–H groups in total. The third-order valence-electron chi connectivity index (χ3n) is 14.5. The van der Waals surface area contributed by atoms with E-state index in [1.54, 1.807) is 16.9 Å². The van der Waals surface area contributed by atoms with E-state index < -0.39 is 5.60 Å². The van der Waals surface area contributed by atoms with Gasteiger partial charge in [-0.2, -0.15) is 20.2 Å². The number of anilines is 1. The number of ether oxygens (including phenoxy) is 5. The molecule has 0 radical (unpaired) electrons. The van der Waals surface area contributed by atoms with Gasteiger partial charge in [0.15, 0.2) is 28.6 Å². The summed E-state index contributed by atoms with van der Waals surface area (Å²) in [6.45, 7) is 10.6. The number of amides is 1. The van der Waals surface area contributed by atoms with Crippen LogP contribution >= 0.6 is 11.3 Å². The van der Waals surface area contributed by atoms with Gasteiger partial charge in [0.1, 0.15) is 35.5 Å². The molecular formula is C53H59FN10O6S. The molecule has 71 heavy (non-hydrogen) atoms. The number of hydrogen-bond acceptors (Lipinski definition) is 14. The first kappa shape index (κ1) is 45.9. The third kappa shape index (κ3) is 8.96. The van der Waals surface area contributed by atoms with Crippen LogP contribution < -0.4 is 14.4 Å². The van der Waals surface area contributed by atoms with E-state index in [1.165, 1.54) is 11.3 Å². The molecule has 4 aromatic heterocycles. The van der Waals surface area contributed by atoms with E-state index in [-0.39, 0.29) is 54.9 Å². The largest absolute Gasteiger partial charge is 0.486 e. The molecule has 3 aromatic carbocycles. The van der Waals surface area contributed by atoms with Gasteiger partial charge < -0.3 is 33.5 Å². The Morgan fingerprint density at radius 1 is 0.930 bits per heavy atom. The van der Waals surface area contributed by atoms with Crippen molar-refractivity contribution in [1.82, 2.24) is 44.4 Å². The number of carbonyl (C=O) groups is 1. The quantitative estimate of drug-likeness (QED) is 0.114. The number of nitrogens with zero attached hydrogens (tertiary/aromatic N) is 10. The predicted molar refractivity (Wildman–Crippen MR) is 266 cm³/mol. The van der Waals surface area contributed by atoms with Crippen molar-refractivity contribution in [2.24, 2.45) is 7.05 Å². The molecule has 16 nitrogen and oxygen atoms in total. The fourth-order valence-corrected chi connectivity index (χ4v) is 11.5. The molecule has 3 atom stereocenters. The second kappa shape index (κ2) is 18.4. The number of fused-ring (bicyclic) bond motifs is 4. The van der Waals surface area contributed by atoms with Crippen LogP contribution in [0.5, 0.6) is 11.8 Å². The van der Waals surface area contributed by atoms with Crippen molar-refractivity contribution in [3.8, 4) is 33.7 Å². The first-order valence-corrected chi connectivity index (χ1v) is 26.0. The average molecular weight is 983 g/mol. The maximum atomic E-state index is 16.8. The van der Waals surface area contributed by atoms with Gasteiger partial charge in [0.25, 0.3) is 0 Å². The van der Waals surface area contributed by atoms with Crippen molar-refractivity contribution in [2.75, 3.05) is 37.8 Å². The van der Waals surface area contributed by atoms with Gasteiger partial charge in [-0.05, 0) is 100 Å². The number of benzene rings is 3. The fraction of sp³-hybridized carbons (Fsp3) is 0.491. The van der Waals surface area contributed by atoms with Gasteiger partial charge in [-0.3, -0.25) is 0 Å². The molecule has 8 heterocycles. The van der Waals surface area contributed by atoms with Crippen molar-refractivity contribution >= 4 is 45.1 Å². The minimum atomic E-state index is -0.606. The van der Waals surface area contributed by atoms with Gasteiger partial charge in [0.05, 0.1) is 37.0 Å². The normalized spacial score (nSPS) is 20.7. The van der Waals surface area contributed by atoms with Crippen molar-refractivity contribution in [1.29, 1.82) is 0 Å². The van der Waals surface area contributed by atoms with Gasteiger partial charge in [0, 0.05) is 85.5 Å². The van der Waals surface area contributed by atoms with E-state index in [1.807, 2.05) is 55.9 Å². The summed E-state index contributed by atoms with van der Waals surface area (Å²) in [7, 11) is 1.89. The summed E-state index contributed by atoms with van der Waals surface area (Å²) in [5, 5.41) is 14.0. The number of likely N-dealkylation sites (tertiary alicyclic amines) is 1. The summed E-state index contributed by atoms with van der Waals surface area (Å²) in [5.74, 6) is 2.60. The van der Waals surface area contributed by atoms with Crippen LogP contribution in [0.2, 0.25) is 0 Å². The van der Waals surface area contributed by atoms with E-state index in [2.05, 4.69) is 45.3 Å². The van der Waals surface area contributed by atoms with E-state index in [9.17, 15) is 4.79 Å². The van der Waals surface area contributed by atoms with Crippen LogP contribution in [-0.2, 0) is 34.3 Å². The van der Waals surface area contributed by atoms with E-state index in [0.29, 0.717) is 80.3 Å². The van der Waals surface area contributed by atoms with Crippen molar-refractivity contribution in [3.63, 3.8) is 0 Å². The van der Waals surface area contributed by atoms with Crippen LogP contribution in [0.25, 0.3) is 43.8 Å². The molecule has 5 fully saturated rings. The highest BCUT2D eigenvalue weighted by molar-refractivity contribution is 7.13. The Morgan fingerprint density at radius 3 is 2.46 bits per heavy atom. The molecule has 1 aliphatic carbocycles. The van der Waals surface area contributed by atoms with Crippen LogP contribution in [0.1, 0.15) is 112 Å². The lowest BCUT2D eigenvalue weighted by Gasteiger charge is -2.36. The number of hydrogen-bond donors (Lipinski definition) is 0. The smallest absolute Gasteiger partial charge is 0.410 e. The highest BCUT2D eigenvalue weighted by Gasteiger charge is 2.48. The summed E-state index contributed by atoms with van der Waals surface area (Å²) in [4.78, 5) is 37.5. The summed E-state index contributed by atoms with van der Waals surface area (Å²) >= 11 is 1.54. The third-order valence-corrected chi connectivity index (χ3v) is 15.3. The predicted octanol–water partition coefficient (Wildman–Crippen LogP) is 9.85. The SMILES string of the molecule is Cc1c(F)cc2c(cnn2C2CCCCO2)c1-c1c(C2CC2)cc2c(N3C[C@@H]4C[C@H]3CN4C(=O)OC(C)(C)C)nc(OC3CCOCC3)nc2c1OCc1ccc(Cc2nc(-c3nccs3)n(C)n2)cc1. The summed E-state index contributed by atoms with van der Waals surface area (Å²) in [6.07, 6.45) is 10.4. The van der Waals surface area contributed by atoms with Crippen molar-refractivity contribution < 1.29 is 32.9 Å². The summed E-state index contributed by atoms with van der Waals surface area (Å²) in [5.41, 5.74) is 5.75. The molecule has 1 amide bonds. The number of piperazine rings is 1. The standard InChI is InChI=1S/C53H59FN10O6S/c1-30-40(54)25-41-39(26-56-64(41)43-8-6-7-18-67-43)44(30)45-37(33-13-14-33)24-38-46(47(45)68-29-32-11-9-31(10-12-32)22-42-57-49(61(5)60-42)50-55-17-21-71-50)58-51(69-36-15-19-66-20-16-36)59-48(38)62-27-35-23-34(62)28-63(35)52(65)70-53(2,3)4/h9-12,17,21,24-26,33-36,43H,6-8,13-16,18-20,22-23,27-29H2,1-5H3/t34-,35-,43?/m0/s1. The Morgan fingerprint density at radius 2 is 1.75 bits per heavy atom. The minimum absolute atomic E-state index is 0.00773.